The zero-order valence-electron chi connectivity index (χ0n) is 11.4. The van der Waals surface area contributed by atoms with Crippen molar-refractivity contribution < 1.29 is 34.3 Å². The Morgan fingerprint density at radius 1 is 1.20 bits per heavy atom. The Balaban J connectivity index is 0.00000180. The maximum absolute atomic E-state index is 12.0. The minimum absolute atomic E-state index is 0. The van der Waals surface area contributed by atoms with Gasteiger partial charge in [0.1, 0.15) is 0 Å². The van der Waals surface area contributed by atoms with Crippen LogP contribution in [0.3, 0.4) is 0 Å². The van der Waals surface area contributed by atoms with Gasteiger partial charge in [0.05, 0.1) is 0 Å². The molecule has 1 aromatic rings. The molecular weight excluding hydrogens is 295 g/mol. The van der Waals surface area contributed by atoms with E-state index in [0.717, 1.165) is 6.54 Å². The number of carbonyl (C=O) groups excluding carboxylic acids is 1. The van der Waals surface area contributed by atoms with Crippen LogP contribution in [0, 0.1) is 0 Å². The molecule has 3 nitrogen and oxygen atoms in total. The molecule has 0 aliphatic carbocycles. The number of quaternary nitrogens is 1. The average Bonchev–Trinajstić information content (AvgIpc) is 2.40. The molecule has 108 valence electrons. The molecule has 20 heavy (non-hydrogen) atoms. The summed E-state index contributed by atoms with van der Waals surface area (Å²) < 4.78 is 2.50. The van der Waals surface area contributed by atoms with Crippen LogP contribution in [0.1, 0.15) is 6.92 Å². The van der Waals surface area contributed by atoms with Crippen LogP contribution in [-0.2, 0) is 4.79 Å². The monoisotopic (exact) mass is 312 g/mol. The van der Waals surface area contributed by atoms with E-state index < -0.39 is 0 Å². The lowest BCUT2D eigenvalue weighted by Gasteiger charge is -2.26. The molecule has 0 aromatic carbocycles. The normalized spacial score (nSPS) is 19.6. The zero-order valence-corrected chi connectivity index (χ0v) is 12.9. The van der Waals surface area contributed by atoms with Crippen LogP contribution < -0.4 is 34.1 Å². The maximum atomic E-state index is 12.0. The summed E-state index contributed by atoms with van der Waals surface area (Å²) in [5.74, 6) is 0.0892. The average molecular weight is 313 g/mol. The van der Waals surface area contributed by atoms with Crippen molar-refractivity contribution >= 4 is 5.78 Å². The molecule has 1 atom stereocenters. The van der Waals surface area contributed by atoms with Crippen LogP contribution in [0.5, 0.6) is 0 Å². The molecule has 0 radical (unpaired) electrons. The number of pyridine rings is 1. The van der Waals surface area contributed by atoms with Crippen molar-refractivity contribution in [3.05, 3.63) is 67.2 Å². The van der Waals surface area contributed by atoms with E-state index in [1.807, 2.05) is 53.6 Å². The van der Waals surface area contributed by atoms with Crippen molar-refractivity contribution in [2.24, 2.45) is 0 Å². The predicted molar refractivity (Wildman–Crippen MR) is 72.0 cm³/mol. The third-order valence-corrected chi connectivity index (χ3v) is 3.09. The Bertz CT molecular complexity index is 526. The van der Waals surface area contributed by atoms with Crippen molar-refractivity contribution in [2.75, 3.05) is 13.1 Å². The van der Waals surface area contributed by atoms with Gasteiger partial charge in [0.25, 0.3) is 0 Å². The molecule has 1 unspecified atom stereocenters. The lowest BCUT2D eigenvalue weighted by molar-refractivity contribution is -0.809. The Kier molecular flexibility index (Phi) is 7.43. The number of hydrogen-bond acceptors (Lipinski definition) is 1. The minimum Gasteiger partial charge on any atom is -1.00 e. The van der Waals surface area contributed by atoms with Gasteiger partial charge in [-0.3, -0.25) is 4.79 Å². The second-order valence-corrected chi connectivity index (χ2v) is 4.56. The van der Waals surface area contributed by atoms with Crippen molar-refractivity contribution in [2.45, 2.75) is 6.92 Å². The number of aromatic nitrogens is 1. The highest BCUT2D eigenvalue weighted by Gasteiger charge is 2.37. The van der Waals surface area contributed by atoms with E-state index in [1.165, 1.54) is 0 Å². The van der Waals surface area contributed by atoms with Gasteiger partial charge in [-0.25, -0.2) is 0 Å². The fourth-order valence-electron chi connectivity index (χ4n) is 2.00. The molecule has 0 bridgehead atoms. The van der Waals surface area contributed by atoms with E-state index in [9.17, 15) is 4.79 Å². The maximum Gasteiger partial charge on any atom is 0.230 e. The van der Waals surface area contributed by atoms with E-state index in [0.29, 0.717) is 16.7 Å². The smallest absolute Gasteiger partial charge is 0.230 e. The van der Waals surface area contributed by atoms with Gasteiger partial charge in [0.15, 0.2) is 19.3 Å². The highest BCUT2D eigenvalue weighted by molar-refractivity contribution is 5.96. The summed E-state index contributed by atoms with van der Waals surface area (Å²) in [7, 11) is 0. The van der Waals surface area contributed by atoms with Crippen LogP contribution in [0.2, 0.25) is 0 Å². The van der Waals surface area contributed by atoms with Gasteiger partial charge in [-0.05, 0) is 35.4 Å². The zero-order chi connectivity index (χ0) is 13.0. The summed E-state index contributed by atoms with van der Waals surface area (Å²) in [5, 5.41) is 0. The number of nitrogens with zero attached hydrogens (tertiary/aromatic N) is 2. The van der Waals surface area contributed by atoms with Gasteiger partial charge < -0.3 is 24.8 Å². The Morgan fingerprint density at radius 2 is 1.85 bits per heavy atom. The fourth-order valence-corrected chi connectivity index (χ4v) is 2.00. The molecular formula is C15H18Cl2N2O. The molecule has 5 heteroatoms. The second-order valence-electron chi connectivity index (χ2n) is 4.56. The lowest BCUT2D eigenvalue weighted by atomic mass is 10.2. The summed E-state index contributed by atoms with van der Waals surface area (Å²) in [6.45, 7) is 6.66. The van der Waals surface area contributed by atoms with E-state index in [4.69, 9.17) is 0 Å². The molecule has 1 aromatic heterocycles. The van der Waals surface area contributed by atoms with Gasteiger partial charge in [-0.2, -0.15) is 0 Å². The summed E-state index contributed by atoms with van der Waals surface area (Å²) in [5.41, 5.74) is 0.604. The van der Waals surface area contributed by atoms with Crippen LogP contribution in [-0.4, -0.2) is 18.9 Å². The van der Waals surface area contributed by atoms with Gasteiger partial charge in [0.2, 0.25) is 18.2 Å². The third-order valence-electron chi connectivity index (χ3n) is 3.09. The molecule has 2 heterocycles. The quantitative estimate of drug-likeness (QED) is 0.313. The predicted octanol–water partition coefficient (Wildman–Crippen LogP) is -4.35. The van der Waals surface area contributed by atoms with E-state index >= 15 is 0 Å². The topological polar surface area (TPSA) is 20.9 Å². The molecule has 0 spiro atoms. The van der Waals surface area contributed by atoms with Crippen LogP contribution in [0.15, 0.2) is 67.2 Å². The number of halogens is 2. The summed E-state index contributed by atoms with van der Waals surface area (Å²) >= 11 is 0. The number of allylic oxidation sites excluding steroid dienone is 2. The standard InChI is InChI=1S/C15H18N2O.2ClH/c1-14(2)15(18)13-17(11-7-4-8-12-17)16-9-5-3-6-10-16;;/h3-11H,1,12-13H2,2H3;2*1H/q+2;;/p-2. The highest BCUT2D eigenvalue weighted by Crippen LogP contribution is 2.07. The molecule has 0 N–H and O–H groups in total. The van der Waals surface area contributed by atoms with Crippen molar-refractivity contribution in [3.63, 3.8) is 0 Å². The fraction of sp³-hybridized carbons (Fsp3) is 0.200. The first-order chi connectivity index (χ1) is 8.64. The van der Waals surface area contributed by atoms with Crippen LogP contribution in [0.4, 0.5) is 0 Å². The molecule has 1 aliphatic heterocycles. The second kappa shape index (κ2) is 8.00. The number of hydrogen-bond donors (Lipinski definition) is 0. The van der Waals surface area contributed by atoms with Gasteiger partial charge in [-0.15, -0.1) is 0 Å². The molecule has 2 rings (SSSR count). The van der Waals surface area contributed by atoms with Crippen LogP contribution >= 0.6 is 0 Å². The molecule has 0 amide bonds. The number of rotatable bonds is 4. The third kappa shape index (κ3) is 4.04. The van der Waals surface area contributed by atoms with Crippen LogP contribution in [0.25, 0.3) is 0 Å². The minimum atomic E-state index is 0. The summed E-state index contributed by atoms with van der Waals surface area (Å²) in [4.78, 5) is 12.0. The van der Waals surface area contributed by atoms with Gasteiger partial charge in [-0.1, -0.05) is 17.2 Å². The first-order valence-corrected chi connectivity index (χ1v) is 6.01. The van der Waals surface area contributed by atoms with Gasteiger partial charge in [0, 0.05) is 12.1 Å². The summed E-state index contributed by atoms with van der Waals surface area (Å²) in [6.07, 6.45) is 12.1. The van der Waals surface area contributed by atoms with Crippen molar-refractivity contribution in [1.29, 1.82) is 0 Å². The lowest BCUT2D eigenvalue weighted by Crippen LogP contribution is -3.00. The summed E-state index contributed by atoms with van der Waals surface area (Å²) in [6, 6.07) is 5.91. The van der Waals surface area contributed by atoms with E-state index in [1.54, 1.807) is 6.92 Å². The molecule has 0 saturated carbocycles. The SMILES string of the molecule is C=C(C)C(=O)C[N+]1([n+]2ccccc2)C=CC=CC1.[Cl-].[Cl-]. The van der Waals surface area contributed by atoms with Crippen molar-refractivity contribution in [3.8, 4) is 0 Å². The van der Waals surface area contributed by atoms with Crippen molar-refractivity contribution in [1.82, 2.24) is 4.59 Å². The Morgan fingerprint density at radius 3 is 2.35 bits per heavy atom. The van der Waals surface area contributed by atoms with Gasteiger partial charge >= 0.3 is 0 Å². The molecule has 1 aliphatic rings. The Labute approximate surface area is 132 Å². The number of carbonyl (C=O) groups is 1. The largest absolute Gasteiger partial charge is 1.00 e. The molecule has 0 fully saturated rings. The first-order valence-electron chi connectivity index (χ1n) is 6.01. The highest BCUT2D eigenvalue weighted by atomic mass is 35.5. The Hall–Kier alpha value is -1.42. The van der Waals surface area contributed by atoms with E-state index in [2.05, 4.69) is 12.7 Å². The number of ketones is 1. The first kappa shape index (κ1) is 18.6. The number of Topliss-reactive ketones (excluding diaryl/α,β-unsaturated/α-hetero) is 1. The van der Waals surface area contributed by atoms with E-state index in [-0.39, 0.29) is 30.6 Å². The molecule has 0 saturated heterocycles.